The van der Waals surface area contributed by atoms with Crippen LogP contribution in [0.5, 0.6) is 11.5 Å². The van der Waals surface area contributed by atoms with Crippen molar-refractivity contribution in [2.24, 2.45) is 5.16 Å². The first-order valence-electron chi connectivity index (χ1n) is 12.3. The minimum absolute atomic E-state index is 0.0220. The van der Waals surface area contributed by atoms with Crippen LogP contribution in [0, 0.1) is 0 Å². The molecule has 7 nitrogen and oxygen atoms in total. The van der Waals surface area contributed by atoms with E-state index in [1.807, 2.05) is 35.2 Å². The molecule has 1 amide bonds. The summed E-state index contributed by atoms with van der Waals surface area (Å²) in [5.74, 6) is 1.35. The summed E-state index contributed by atoms with van der Waals surface area (Å²) in [7, 11) is 3.23. The molecule has 2 heterocycles. The molecule has 5 rings (SSSR count). The van der Waals surface area contributed by atoms with Crippen LogP contribution in [0.1, 0.15) is 29.2 Å². The van der Waals surface area contributed by atoms with E-state index in [2.05, 4.69) is 58.6 Å². The molecule has 0 unspecified atom stereocenters. The maximum Gasteiger partial charge on any atom is 0.266 e. The molecule has 2 aliphatic heterocycles. The van der Waals surface area contributed by atoms with Gasteiger partial charge in [0.2, 0.25) is 6.10 Å². The SMILES string of the molecule is COc1ccc(OC)c(C2=NO[C@@H](C(=O)N3CCN(C(c4ccccc4)c4ccccc4)CC3)C2)c1. The van der Waals surface area contributed by atoms with Crippen molar-refractivity contribution in [1.29, 1.82) is 0 Å². The van der Waals surface area contributed by atoms with Crippen LogP contribution < -0.4 is 9.47 Å². The zero-order valence-corrected chi connectivity index (χ0v) is 20.7. The van der Waals surface area contributed by atoms with Crippen molar-refractivity contribution in [3.8, 4) is 11.5 Å². The third-order valence-corrected chi connectivity index (χ3v) is 6.88. The highest BCUT2D eigenvalue weighted by molar-refractivity contribution is 6.06. The Bertz CT molecular complexity index is 1170. The van der Waals surface area contributed by atoms with Crippen molar-refractivity contribution in [2.45, 2.75) is 18.6 Å². The molecule has 0 spiro atoms. The molecule has 3 aromatic rings. The van der Waals surface area contributed by atoms with Gasteiger partial charge in [0, 0.05) is 38.2 Å². The van der Waals surface area contributed by atoms with E-state index in [9.17, 15) is 4.79 Å². The van der Waals surface area contributed by atoms with Crippen molar-refractivity contribution >= 4 is 11.6 Å². The van der Waals surface area contributed by atoms with E-state index in [1.165, 1.54) is 11.1 Å². The van der Waals surface area contributed by atoms with Crippen LogP contribution >= 0.6 is 0 Å². The summed E-state index contributed by atoms with van der Waals surface area (Å²) in [4.78, 5) is 23.3. The average Bonchev–Trinajstić information content (AvgIpc) is 3.44. The molecule has 1 saturated heterocycles. The molecule has 0 aromatic heterocycles. The summed E-state index contributed by atoms with van der Waals surface area (Å²) in [6.07, 6.45) is -0.222. The Morgan fingerprint density at radius 2 is 1.53 bits per heavy atom. The van der Waals surface area contributed by atoms with E-state index in [1.54, 1.807) is 14.2 Å². The maximum atomic E-state index is 13.3. The van der Waals surface area contributed by atoms with Crippen LogP contribution in [0.4, 0.5) is 0 Å². The van der Waals surface area contributed by atoms with Gasteiger partial charge in [-0.25, -0.2) is 0 Å². The van der Waals surface area contributed by atoms with Crippen molar-refractivity contribution < 1.29 is 19.1 Å². The first-order valence-corrected chi connectivity index (χ1v) is 12.3. The van der Waals surface area contributed by atoms with Crippen molar-refractivity contribution in [3.05, 3.63) is 95.6 Å². The Labute approximate surface area is 211 Å². The summed E-state index contributed by atoms with van der Waals surface area (Å²) in [6.45, 7) is 2.86. The van der Waals surface area contributed by atoms with Crippen molar-refractivity contribution in [2.75, 3.05) is 40.4 Å². The van der Waals surface area contributed by atoms with Crippen LogP contribution in [0.3, 0.4) is 0 Å². The van der Waals surface area contributed by atoms with Gasteiger partial charge in [-0.3, -0.25) is 9.69 Å². The third-order valence-electron chi connectivity index (χ3n) is 6.88. The zero-order valence-electron chi connectivity index (χ0n) is 20.7. The lowest BCUT2D eigenvalue weighted by atomic mass is 9.96. The van der Waals surface area contributed by atoms with E-state index in [0.717, 1.165) is 18.7 Å². The number of nitrogens with zero attached hydrogens (tertiary/aromatic N) is 3. The largest absolute Gasteiger partial charge is 0.497 e. The number of carbonyl (C=O) groups excluding carboxylic acids is 1. The molecule has 0 aliphatic carbocycles. The average molecular weight is 486 g/mol. The van der Waals surface area contributed by atoms with Crippen molar-refractivity contribution in [3.63, 3.8) is 0 Å². The predicted molar refractivity (Wildman–Crippen MR) is 138 cm³/mol. The van der Waals surface area contributed by atoms with Crippen LogP contribution in [-0.4, -0.2) is 67.9 Å². The smallest absolute Gasteiger partial charge is 0.266 e. The van der Waals surface area contributed by atoms with E-state index < -0.39 is 6.10 Å². The molecular weight excluding hydrogens is 454 g/mol. The van der Waals surface area contributed by atoms with Gasteiger partial charge in [-0.1, -0.05) is 65.8 Å². The fourth-order valence-electron chi connectivity index (χ4n) is 5.00. The molecule has 2 aliphatic rings. The molecule has 36 heavy (non-hydrogen) atoms. The summed E-state index contributed by atoms with van der Waals surface area (Å²) in [5, 5.41) is 4.23. The third kappa shape index (κ3) is 4.93. The molecular formula is C29H31N3O4. The fraction of sp³-hybridized carbons (Fsp3) is 0.310. The molecule has 0 N–H and O–H groups in total. The summed E-state index contributed by atoms with van der Waals surface area (Å²) < 4.78 is 10.8. The second kappa shape index (κ2) is 10.8. The molecule has 0 radical (unpaired) electrons. The number of methoxy groups -OCH3 is 2. The van der Waals surface area contributed by atoms with Gasteiger partial charge in [-0.15, -0.1) is 0 Å². The first-order chi connectivity index (χ1) is 17.7. The van der Waals surface area contributed by atoms with Gasteiger partial charge in [0.25, 0.3) is 5.91 Å². The molecule has 3 aromatic carbocycles. The highest BCUT2D eigenvalue weighted by atomic mass is 16.6. The van der Waals surface area contributed by atoms with Gasteiger partial charge in [-0.05, 0) is 29.3 Å². The summed E-state index contributed by atoms with van der Waals surface area (Å²) in [5.41, 5.74) is 3.99. The minimum atomic E-state index is -0.624. The number of ether oxygens (including phenoxy) is 2. The predicted octanol–water partition coefficient (Wildman–Crippen LogP) is 4.13. The minimum Gasteiger partial charge on any atom is -0.497 e. The Kier molecular flexibility index (Phi) is 7.18. The number of hydrogen-bond donors (Lipinski definition) is 0. The Balaban J connectivity index is 1.24. The van der Waals surface area contributed by atoms with Crippen LogP contribution in [-0.2, 0) is 9.63 Å². The number of benzene rings is 3. The molecule has 7 heteroatoms. The summed E-state index contributed by atoms with van der Waals surface area (Å²) >= 11 is 0. The molecule has 0 bridgehead atoms. The standard InChI is InChI=1S/C29H31N3O4/c1-34-23-13-14-26(35-2)24(19-23)25-20-27(36-30-25)29(33)32-17-15-31(16-18-32)28(21-9-5-3-6-10-21)22-11-7-4-8-12-22/h3-14,19,27-28H,15-18,20H2,1-2H3/t27-/m1/s1. The van der Waals surface area contributed by atoms with E-state index >= 15 is 0 Å². The van der Waals surface area contributed by atoms with Crippen LogP contribution in [0.25, 0.3) is 0 Å². The zero-order chi connectivity index (χ0) is 24.9. The van der Waals surface area contributed by atoms with E-state index in [-0.39, 0.29) is 11.9 Å². The molecule has 1 atom stereocenters. The Morgan fingerprint density at radius 3 is 2.11 bits per heavy atom. The lowest BCUT2D eigenvalue weighted by Gasteiger charge is -2.40. The lowest BCUT2D eigenvalue weighted by molar-refractivity contribution is -0.144. The number of carbonyl (C=O) groups is 1. The summed E-state index contributed by atoms with van der Waals surface area (Å²) in [6, 6.07) is 26.8. The normalized spacial score (nSPS) is 18.0. The van der Waals surface area contributed by atoms with Gasteiger partial charge in [0.05, 0.1) is 26.0 Å². The van der Waals surface area contributed by atoms with Gasteiger partial charge >= 0.3 is 0 Å². The number of oxime groups is 1. The number of hydrogen-bond acceptors (Lipinski definition) is 6. The first kappa shape index (κ1) is 23.9. The highest BCUT2D eigenvalue weighted by Crippen LogP contribution is 2.31. The quantitative estimate of drug-likeness (QED) is 0.504. The molecule has 1 fully saturated rings. The second-order valence-corrected chi connectivity index (χ2v) is 8.99. The monoisotopic (exact) mass is 485 g/mol. The molecule has 0 saturated carbocycles. The lowest BCUT2D eigenvalue weighted by Crippen LogP contribution is -2.52. The van der Waals surface area contributed by atoms with Gasteiger partial charge in [-0.2, -0.15) is 0 Å². The Morgan fingerprint density at radius 1 is 0.889 bits per heavy atom. The number of piperazine rings is 1. The van der Waals surface area contributed by atoms with E-state index in [0.29, 0.717) is 36.7 Å². The van der Waals surface area contributed by atoms with E-state index in [4.69, 9.17) is 14.3 Å². The van der Waals surface area contributed by atoms with Gasteiger partial charge < -0.3 is 19.2 Å². The number of amides is 1. The maximum absolute atomic E-state index is 13.3. The topological polar surface area (TPSA) is 63.6 Å². The Hall–Kier alpha value is -3.84. The second-order valence-electron chi connectivity index (χ2n) is 8.99. The van der Waals surface area contributed by atoms with Crippen LogP contribution in [0.2, 0.25) is 0 Å². The van der Waals surface area contributed by atoms with Gasteiger partial charge in [0.1, 0.15) is 11.5 Å². The van der Waals surface area contributed by atoms with Crippen molar-refractivity contribution in [1.82, 2.24) is 9.80 Å². The highest BCUT2D eigenvalue weighted by Gasteiger charge is 2.36. The van der Waals surface area contributed by atoms with Gasteiger partial charge in [0.15, 0.2) is 0 Å². The fourth-order valence-corrected chi connectivity index (χ4v) is 5.00. The number of rotatable bonds is 7. The molecule has 186 valence electrons. The van der Waals surface area contributed by atoms with Crippen LogP contribution in [0.15, 0.2) is 84.0 Å².